The third-order valence-electron chi connectivity index (χ3n) is 4.83. The summed E-state index contributed by atoms with van der Waals surface area (Å²) in [5.74, 6) is 1.43. The Labute approximate surface area is 117 Å². The molecule has 1 atom stereocenters. The molecule has 1 aliphatic heterocycles. The maximum absolute atomic E-state index is 12.2. The van der Waals surface area contributed by atoms with E-state index in [0.717, 1.165) is 31.8 Å². The van der Waals surface area contributed by atoms with Crippen LogP contribution in [0.2, 0.25) is 0 Å². The van der Waals surface area contributed by atoms with E-state index in [-0.39, 0.29) is 5.92 Å². The van der Waals surface area contributed by atoms with E-state index in [0.29, 0.717) is 11.9 Å². The molecule has 1 heterocycles. The third-order valence-corrected chi connectivity index (χ3v) is 4.83. The first-order valence-corrected chi connectivity index (χ1v) is 8.30. The summed E-state index contributed by atoms with van der Waals surface area (Å²) in [4.78, 5) is 12.2. The number of amides is 1. The van der Waals surface area contributed by atoms with Gasteiger partial charge in [-0.2, -0.15) is 0 Å². The Balaban J connectivity index is 1.65. The van der Waals surface area contributed by atoms with Crippen molar-refractivity contribution in [2.45, 2.75) is 70.8 Å². The van der Waals surface area contributed by atoms with Gasteiger partial charge in [0, 0.05) is 12.6 Å². The van der Waals surface area contributed by atoms with Crippen LogP contribution in [0, 0.1) is 11.8 Å². The number of rotatable bonds is 5. The summed E-state index contributed by atoms with van der Waals surface area (Å²) in [6.45, 7) is 4.22. The Hall–Kier alpha value is -0.570. The maximum atomic E-state index is 12.2. The van der Waals surface area contributed by atoms with Crippen molar-refractivity contribution in [3.63, 3.8) is 0 Å². The Bertz CT molecular complexity index is 266. The standard InChI is InChI=1S/C16H30N2O/c1-2-3-5-13-7-9-15(10-8-13)18-16(19)14-6-4-11-17-12-14/h13-15,17H,2-12H2,1H3,(H,18,19). The van der Waals surface area contributed by atoms with Gasteiger partial charge in [-0.3, -0.25) is 4.79 Å². The first-order valence-electron chi connectivity index (χ1n) is 8.30. The molecule has 1 amide bonds. The van der Waals surface area contributed by atoms with Gasteiger partial charge in [-0.15, -0.1) is 0 Å². The van der Waals surface area contributed by atoms with Crippen LogP contribution in [0.1, 0.15) is 64.7 Å². The largest absolute Gasteiger partial charge is 0.353 e. The average Bonchev–Trinajstić information content (AvgIpc) is 2.47. The molecule has 2 rings (SSSR count). The molecule has 19 heavy (non-hydrogen) atoms. The molecule has 3 heteroatoms. The van der Waals surface area contributed by atoms with Crippen LogP contribution in [0.3, 0.4) is 0 Å². The highest BCUT2D eigenvalue weighted by atomic mass is 16.2. The highest BCUT2D eigenvalue weighted by Gasteiger charge is 2.26. The molecule has 1 saturated carbocycles. The van der Waals surface area contributed by atoms with E-state index in [1.165, 1.54) is 44.9 Å². The van der Waals surface area contributed by atoms with Crippen molar-refractivity contribution >= 4 is 5.91 Å². The zero-order chi connectivity index (χ0) is 13.5. The molecule has 1 saturated heterocycles. The fraction of sp³-hybridized carbons (Fsp3) is 0.938. The molecular formula is C16H30N2O. The minimum atomic E-state index is 0.214. The minimum absolute atomic E-state index is 0.214. The van der Waals surface area contributed by atoms with Gasteiger partial charge in [-0.25, -0.2) is 0 Å². The summed E-state index contributed by atoms with van der Waals surface area (Å²) in [5.41, 5.74) is 0. The molecule has 0 bridgehead atoms. The molecule has 2 aliphatic rings. The van der Waals surface area contributed by atoms with Gasteiger partial charge in [0.15, 0.2) is 0 Å². The molecule has 2 N–H and O–H groups in total. The lowest BCUT2D eigenvalue weighted by molar-refractivity contribution is -0.126. The maximum Gasteiger partial charge on any atom is 0.224 e. The summed E-state index contributed by atoms with van der Waals surface area (Å²) in [6, 6.07) is 0.451. The molecular weight excluding hydrogens is 236 g/mol. The second kappa shape index (κ2) is 7.88. The second-order valence-electron chi connectivity index (χ2n) is 6.41. The summed E-state index contributed by atoms with van der Waals surface area (Å²) in [6.07, 6.45) is 11.3. The van der Waals surface area contributed by atoms with Crippen molar-refractivity contribution in [2.24, 2.45) is 11.8 Å². The van der Waals surface area contributed by atoms with Crippen molar-refractivity contribution in [2.75, 3.05) is 13.1 Å². The van der Waals surface area contributed by atoms with Gasteiger partial charge in [0.25, 0.3) is 0 Å². The third kappa shape index (κ3) is 4.79. The van der Waals surface area contributed by atoms with Gasteiger partial charge in [0.2, 0.25) is 5.91 Å². The summed E-state index contributed by atoms with van der Waals surface area (Å²) in [7, 11) is 0. The van der Waals surface area contributed by atoms with Gasteiger partial charge in [-0.05, 0) is 51.0 Å². The van der Waals surface area contributed by atoms with Crippen molar-refractivity contribution in [1.29, 1.82) is 0 Å². The zero-order valence-electron chi connectivity index (χ0n) is 12.4. The molecule has 3 nitrogen and oxygen atoms in total. The molecule has 0 aromatic heterocycles. The number of nitrogens with one attached hydrogen (secondary N) is 2. The van der Waals surface area contributed by atoms with Crippen molar-refractivity contribution in [1.82, 2.24) is 10.6 Å². The average molecular weight is 266 g/mol. The Morgan fingerprint density at radius 1 is 1.21 bits per heavy atom. The molecule has 0 radical (unpaired) electrons. The van der Waals surface area contributed by atoms with Gasteiger partial charge >= 0.3 is 0 Å². The molecule has 0 aromatic rings. The number of carbonyl (C=O) groups excluding carboxylic acids is 1. The predicted molar refractivity (Wildman–Crippen MR) is 79.0 cm³/mol. The number of unbranched alkanes of at least 4 members (excludes halogenated alkanes) is 1. The SMILES string of the molecule is CCCCC1CCC(NC(=O)C2CCCNC2)CC1. The van der Waals surface area contributed by atoms with Crippen LogP contribution in [0.4, 0.5) is 0 Å². The van der Waals surface area contributed by atoms with E-state index in [2.05, 4.69) is 17.6 Å². The quantitative estimate of drug-likeness (QED) is 0.803. The van der Waals surface area contributed by atoms with Crippen molar-refractivity contribution < 1.29 is 4.79 Å². The topological polar surface area (TPSA) is 41.1 Å². The fourth-order valence-corrected chi connectivity index (χ4v) is 3.48. The summed E-state index contributed by atoms with van der Waals surface area (Å²) in [5, 5.41) is 6.61. The molecule has 0 aromatic carbocycles. The normalized spacial score (nSPS) is 31.9. The summed E-state index contributed by atoms with van der Waals surface area (Å²) < 4.78 is 0. The van der Waals surface area contributed by atoms with Gasteiger partial charge in [-0.1, -0.05) is 26.2 Å². The van der Waals surface area contributed by atoms with Gasteiger partial charge < -0.3 is 10.6 Å². The van der Waals surface area contributed by atoms with Crippen LogP contribution in [0.15, 0.2) is 0 Å². The van der Waals surface area contributed by atoms with Crippen molar-refractivity contribution in [3.05, 3.63) is 0 Å². The van der Waals surface area contributed by atoms with Crippen LogP contribution in [0.25, 0.3) is 0 Å². The first-order chi connectivity index (χ1) is 9.29. The number of carbonyl (C=O) groups is 1. The Morgan fingerprint density at radius 3 is 2.63 bits per heavy atom. The molecule has 0 spiro atoms. The van der Waals surface area contributed by atoms with Gasteiger partial charge in [0.05, 0.1) is 5.92 Å². The number of piperidine rings is 1. The lowest BCUT2D eigenvalue weighted by Crippen LogP contribution is -2.45. The smallest absolute Gasteiger partial charge is 0.224 e. The Kier molecular flexibility index (Phi) is 6.15. The van der Waals surface area contributed by atoms with E-state index in [1.807, 2.05) is 0 Å². The van der Waals surface area contributed by atoms with Crippen molar-refractivity contribution in [3.8, 4) is 0 Å². The number of hydrogen-bond donors (Lipinski definition) is 2. The second-order valence-corrected chi connectivity index (χ2v) is 6.41. The molecule has 1 unspecified atom stereocenters. The lowest BCUT2D eigenvalue weighted by atomic mass is 9.83. The highest BCUT2D eigenvalue weighted by Crippen LogP contribution is 2.28. The highest BCUT2D eigenvalue weighted by molar-refractivity contribution is 5.79. The van der Waals surface area contributed by atoms with Crippen LogP contribution in [-0.4, -0.2) is 25.0 Å². The first kappa shape index (κ1) is 14.8. The van der Waals surface area contributed by atoms with E-state index in [1.54, 1.807) is 0 Å². The van der Waals surface area contributed by atoms with Gasteiger partial charge in [0.1, 0.15) is 0 Å². The van der Waals surface area contributed by atoms with Crippen LogP contribution >= 0.6 is 0 Å². The number of hydrogen-bond acceptors (Lipinski definition) is 2. The molecule has 110 valence electrons. The van der Waals surface area contributed by atoms with Crippen LogP contribution < -0.4 is 10.6 Å². The van der Waals surface area contributed by atoms with E-state index in [4.69, 9.17) is 0 Å². The minimum Gasteiger partial charge on any atom is -0.353 e. The fourth-order valence-electron chi connectivity index (χ4n) is 3.48. The van der Waals surface area contributed by atoms with E-state index < -0.39 is 0 Å². The molecule has 2 fully saturated rings. The lowest BCUT2D eigenvalue weighted by Gasteiger charge is -2.31. The Morgan fingerprint density at radius 2 is 2.00 bits per heavy atom. The predicted octanol–water partition coefficient (Wildman–Crippen LogP) is 2.85. The van der Waals surface area contributed by atoms with Crippen LogP contribution in [-0.2, 0) is 4.79 Å². The monoisotopic (exact) mass is 266 g/mol. The zero-order valence-corrected chi connectivity index (χ0v) is 12.4. The van der Waals surface area contributed by atoms with E-state index >= 15 is 0 Å². The van der Waals surface area contributed by atoms with Crippen LogP contribution in [0.5, 0.6) is 0 Å². The summed E-state index contributed by atoms with van der Waals surface area (Å²) >= 11 is 0. The van der Waals surface area contributed by atoms with E-state index in [9.17, 15) is 4.79 Å². The molecule has 1 aliphatic carbocycles.